The molecule has 94 valence electrons. The number of nitrogens with zero attached hydrogens (tertiary/aromatic N) is 2. The van der Waals surface area contributed by atoms with Gasteiger partial charge in [0.15, 0.2) is 0 Å². The highest BCUT2D eigenvalue weighted by Gasteiger charge is 2.18. The molecule has 0 saturated carbocycles. The molecule has 0 aliphatic heterocycles. The zero-order valence-corrected chi connectivity index (χ0v) is 9.89. The van der Waals surface area contributed by atoms with E-state index in [0.29, 0.717) is 5.69 Å². The summed E-state index contributed by atoms with van der Waals surface area (Å²) < 4.78 is 0. The molecule has 0 spiro atoms. The second-order valence-corrected chi connectivity index (χ2v) is 3.70. The van der Waals surface area contributed by atoms with Gasteiger partial charge in [-0.2, -0.15) is 0 Å². The Balaban J connectivity index is 2.95. The number of halogens is 1. The molecule has 1 amide bonds. The molecule has 0 aliphatic carbocycles. The summed E-state index contributed by atoms with van der Waals surface area (Å²) in [6.07, 6.45) is 1.35. The minimum atomic E-state index is -0.419. The molecular weight excluding hydrogens is 246 g/mol. The monoisotopic (exact) mass is 259 g/mol. The number of carbonyl (C=O) groups is 1. The number of hydrogen-bond acceptors (Lipinski definition) is 5. The summed E-state index contributed by atoms with van der Waals surface area (Å²) >= 11 is 5.80. The number of carbonyl (C=O) groups excluding carboxylic acids is 1. The molecule has 0 saturated heterocycles. The van der Waals surface area contributed by atoms with Crippen LogP contribution in [0.15, 0.2) is 12.3 Å². The van der Waals surface area contributed by atoms with Crippen LogP contribution in [0.2, 0.25) is 5.15 Å². The number of pyridine rings is 1. The van der Waals surface area contributed by atoms with Crippen molar-refractivity contribution in [2.75, 3.05) is 32.0 Å². The molecule has 0 radical (unpaired) electrons. The predicted octanol–water partition coefficient (Wildman–Crippen LogP) is -0.256. The lowest BCUT2D eigenvalue weighted by Crippen LogP contribution is -2.36. The number of hydrogen-bond donors (Lipinski definition) is 3. The first-order valence-corrected chi connectivity index (χ1v) is 5.40. The van der Waals surface area contributed by atoms with Gasteiger partial charge in [-0.25, -0.2) is 4.98 Å². The van der Waals surface area contributed by atoms with Crippen LogP contribution in [0.4, 0.5) is 5.69 Å². The van der Waals surface area contributed by atoms with E-state index in [1.54, 1.807) is 0 Å². The summed E-state index contributed by atoms with van der Waals surface area (Å²) in [5, 5.41) is 17.7. The number of aromatic nitrogens is 1. The van der Waals surface area contributed by atoms with Gasteiger partial charge >= 0.3 is 0 Å². The molecular formula is C10H14ClN3O3. The molecule has 1 aromatic rings. The number of nitrogen functional groups attached to an aromatic ring is 1. The van der Waals surface area contributed by atoms with Gasteiger partial charge in [0.2, 0.25) is 0 Å². The fourth-order valence-corrected chi connectivity index (χ4v) is 1.53. The third-order valence-corrected chi connectivity index (χ3v) is 2.42. The smallest absolute Gasteiger partial charge is 0.257 e. The zero-order chi connectivity index (χ0) is 12.8. The fourth-order valence-electron chi connectivity index (χ4n) is 1.34. The van der Waals surface area contributed by atoms with Crippen molar-refractivity contribution in [1.29, 1.82) is 0 Å². The first-order chi connectivity index (χ1) is 8.10. The van der Waals surface area contributed by atoms with Gasteiger partial charge in [-0.05, 0) is 6.07 Å². The fraction of sp³-hybridized carbons (Fsp3) is 0.400. The summed E-state index contributed by atoms with van der Waals surface area (Å²) in [7, 11) is 0. The van der Waals surface area contributed by atoms with Gasteiger partial charge in [0.1, 0.15) is 5.15 Å². The topological polar surface area (TPSA) is 99.7 Å². The predicted molar refractivity (Wildman–Crippen MR) is 63.7 cm³/mol. The molecule has 6 nitrogen and oxygen atoms in total. The standard InChI is InChI=1S/C10H14ClN3O3/c11-9-8(5-7(12)6-13-9)10(17)14(1-3-15)2-4-16/h5-6,15-16H,1-4,12H2. The van der Waals surface area contributed by atoms with Crippen molar-refractivity contribution < 1.29 is 15.0 Å². The third kappa shape index (κ3) is 3.55. The van der Waals surface area contributed by atoms with Crippen LogP contribution in [-0.4, -0.2) is 52.3 Å². The van der Waals surface area contributed by atoms with Gasteiger partial charge < -0.3 is 20.8 Å². The molecule has 0 bridgehead atoms. The summed E-state index contributed by atoms with van der Waals surface area (Å²) in [6.45, 7) is -0.159. The van der Waals surface area contributed by atoms with Gasteiger partial charge in [0.25, 0.3) is 5.91 Å². The number of nitrogens with two attached hydrogens (primary N) is 1. The van der Waals surface area contributed by atoms with Crippen LogP contribution in [0, 0.1) is 0 Å². The number of anilines is 1. The Labute approximate surface area is 104 Å². The van der Waals surface area contributed by atoms with Crippen LogP contribution in [0.5, 0.6) is 0 Å². The third-order valence-electron chi connectivity index (χ3n) is 2.12. The molecule has 0 aliphatic rings. The van der Waals surface area contributed by atoms with E-state index in [1.807, 2.05) is 0 Å². The van der Waals surface area contributed by atoms with Crippen molar-refractivity contribution in [3.8, 4) is 0 Å². The largest absolute Gasteiger partial charge is 0.397 e. The Hall–Kier alpha value is -1.37. The second-order valence-electron chi connectivity index (χ2n) is 3.35. The summed E-state index contributed by atoms with van der Waals surface area (Å²) in [4.78, 5) is 17.1. The molecule has 7 heteroatoms. The first kappa shape index (κ1) is 13.7. The van der Waals surface area contributed by atoms with Gasteiger partial charge in [-0.15, -0.1) is 0 Å². The van der Waals surface area contributed by atoms with E-state index >= 15 is 0 Å². The summed E-state index contributed by atoms with van der Waals surface area (Å²) in [6, 6.07) is 1.42. The zero-order valence-electron chi connectivity index (χ0n) is 9.14. The lowest BCUT2D eigenvalue weighted by atomic mass is 10.2. The van der Waals surface area contributed by atoms with Crippen LogP contribution in [0.3, 0.4) is 0 Å². The highest BCUT2D eigenvalue weighted by atomic mass is 35.5. The Morgan fingerprint density at radius 3 is 2.53 bits per heavy atom. The van der Waals surface area contributed by atoms with E-state index in [4.69, 9.17) is 27.5 Å². The summed E-state index contributed by atoms with van der Waals surface area (Å²) in [5.41, 5.74) is 6.01. The van der Waals surface area contributed by atoms with Crippen LogP contribution in [0.1, 0.15) is 10.4 Å². The van der Waals surface area contributed by atoms with E-state index in [-0.39, 0.29) is 37.0 Å². The van der Waals surface area contributed by atoms with Crippen molar-refractivity contribution in [2.24, 2.45) is 0 Å². The van der Waals surface area contributed by atoms with Crippen molar-refractivity contribution in [3.05, 3.63) is 23.0 Å². The maximum atomic E-state index is 12.0. The van der Waals surface area contributed by atoms with Gasteiger partial charge in [-0.3, -0.25) is 4.79 Å². The highest BCUT2D eigenvalue weighted by Crippen LogP contribution is 2.17. The molecule has 1 rings (SSSR count). The maximum Gasteiger partial charge on any atom is 0.257 e. The number of amides is 1. The maximum absolute atomic E-state index is 12.0. The van der Waals surface area contributed by atoms with Gasteiger partial charge in [0, 0.05) is 13.1 Å². The molecule has 1 heterocycles. The van der Waals surface area contributed by atoms with Crippen LogP contribution < -0.4 is 5.73 Å². The average molecular weight is 260 g/mol. The molecule has 0 aromatic carbocycles. The lowest BCUT2D eigenvalue weighted by molar-refractivity contribution is 0.0684. The normalized spacial score (nSPS) is 10.3. The van der Waals surface area contributed by atoms with Gasteiger partial charge in [0.05, 0.1) is 30.7 Å². The number of aliphatic hydroxyl groups is 2. The first-order valence-electron chi connectivity index (χ1n) is 5.02. The van der Waals surface area contributed by atoms with E-state index in [0.717, 1.165) is 0 Å². The lowest BCUT2D eigenvalue weighted by Gasteiger charge is -2.21. The van der Waals surface area contributed by atoms with Crippen molar-refractivity contribution in [3.63, 3.8) is 0 Å². The van der Waals surface area contributed by atoms with Crippen LogP contribution in [-0.2, 0) is 0 Å². The van der Waals surface area contributed by atoms with Crippen molar-refractivity contribution >= 4 is 23.2 Å². The Morgan fingerprint density at radius 2 is 2.00 bits per heavy atom. The number of aliphatic hydroxyl groups excluding tert-OH is 2. The number of rotatable bonds is 5. The Kier molecular flexibility index (Phi) is 5.14. The quantitative estimate of drug-likeness (QED) is 0.633. The molecule has 0 atom stereocenters. The minimum absolute atomic E-state index is 0.0464. The van der Waals surface area contributed by atoms with Gasteiger partial charge in [-0.1, -0.05) is 11.6 Å². The Bertz CT molecular complexity index is 394. The van der Waals surface area contributed by atoms with Crippen molar-refractivity contribution in [1.82, 2.24) is 9.88 Å². The van der Waals surface area contributed by atoms with Crippen LogP contribution in [0.25, 0.3) is 0 Å². The second kappa shape index (κ2) is 6.39. The summed E-state index contributed by atoms with van der Waals surface area (Å²) in [5.74, 6) is -0.419. The minimum Gasteiger partial charge on any atom is -0.397 e. The highest BCUT2D eigenvalue weighted by molar-refractivity contribution is 6.32. The van der Waals surface area contributed by atoms with Crippen molar-refractivity contribution in [2.45, 2.75) is 0 Å². The molecule has 17 heavy (non-hydrogen) atoms. The molecule has 4 N–H and O–H groups in total. The molecule has 0 fully saturated rings. The SMILES string of the molecule is Nc1cnc(Cl)c(C(=O)N(CCO)CCO)c1. The van der Waals surface area contributed by atoms with E-state index < -0.39 is 5.91 Å². The van der Waals surface area contributed by atoms with E-state index in [1.165, 1.54) is 17.2 Å². The molecule has 0 unspecified atom stereocenters. The molecule has 1 aromatic heterocycles. The van der Waals surface area contributed by atoms with E-state index in [2.05, 4.69) is 4.98 Å². The Morgan fingerprint density at radius 1 is 1.41 bits per heavy atom. The van der Waals surface area contributed by atoms with E-state index in [9.17, 15) is 4.79 Å². The van der Waals surface area contributed by atoms with Crippen LogP contribution >= 0.6 is 11.6 Å². The average Bonchev–Trinajstić information content (AvgIpc) is 2.31.